The van der Waals surface area contributed by atoms with Crippen molar-refractivity contribution in [2.45, 2.75) is 52.0 Å². The predicted molar refractivity (Wildman–Crippen MR) is 79.4 cm³/mol. The Morgan fingerprint density at radius 1 is 1.16 bits per heavy atom. The first kappa shape index (κ1) is 20.2. The summed E-state index contributed by atoms with van der Waals surface area (Å²) in [4.78, 5) is 45.1. The number of nitrogens with zero attached hydrogens (tertiary/aromatic N) is 1. The van der Waals surface area contributed by atoms with Gasteiger partial charge in [-0.3, -0.25) is 19.2 Å². The first-order chi connectivity index (χ1) is 11.6. The largest absolute Gasteiger partial charge is 0.466 e. The first-order valence-corrected chi connectivity index (χ1v) is 7.29. The van der Waals surface area contributed by atoms with Crippen LogP contribution in [0.3, 0.4) is 0 Å². The Hall–Kier alpha value is -2.85. The smallest absolute Gasteiger partial charge is 0.303 e. The third-order valence-electron chi connectivity index (χ3n) is 3.07. The lowest BCUT2D eigenvalue weighted by molar-refractivity contribution is -0.171. The van der Waals surface area contributed by atoms with Crippen LogP contribution in [0.15, 0.2) is 5.16 Å². The van der Waals surface area contributed by atoms with Crippen molar-refractivity contribution < 1.29 is 43.3 Å². The second-order valence-corrected chi connectivity index (χ2v) is 5.22. The Bertz CT molecular complexity index is 575. The van der Waals surface area contributed by atoms with Crippen molar-refractivity contribution in [2.75, 3.05) is 6.61 Å². The first-order valence-electron chi connectivity index (χ1n) is 7.29. The van der Waals surface area contributed by atoms with Gasteiger partial charge in [0.15, 0.2) is 18.3 Å². The minimum atomic E-state index is -1.17. The van der Waals surface area contributed by atoms with Crippen LogP contribution < -0.4 is 5.32 Å². The molecule has 0 saturated carbocycles. The molecule has 1 amide bonds. The Labute approximate surface area is 143 Å². The number of ether oxygens (including phenoxy) is 4. The number of amides is 1. The number of hydrogen-bond donors (Lipinski definition) is 2. The van der Waals surface area contributed by atoms with E-state index in [2.05, 4.69) is 10.5 Å². The summed E-state index contributed by atoms with van der Waals surface area (Å²) >= 11 is 0. The van der Waals surface area contributed by atoms with Crippen LogP contribution in [-0.4, -0.2) is 65.9 Å². The van der Waals surface area contributed by atoms with Gasteiger partial charge < -0.3 is 29.5 Å². The molecule has 0 aromatic rings. The molecule has 1 heterocycles. The molecule has 4 atom stereocenters. The van der Waals surface area contributed by atoms with Crippen molar-refractivity contribution in [2.24, 2.45) is 5.16 Å². The summed E-state index contributed by atoms with van der Waals surface area (Å²) in [6.07, 6.45) is -3.51. The van der Waals surface area contributed by atoms with Gasteiger partial charge in [0.2, 0.25) is 5.91 Å². The van der Waals surface area contributed by atoms with Crippen LogP contribution in [-0.2, 0) is 38.1 Å². The molecular weight excluding hydrogens is 340 g/mol. The van der Waals surface area contributed by atoms with Gasteiger partial charge in [0.25, 0.3) is 5.90 Å². The van der Waals surface area contributed by atoms with Gasteiger partial charge >= 0.3 is 17.9 Å². The van der Waals surface area contributed by atoms with Crippen LogP contribution in [0.5, 0.6) is 0 Å². The van der Waals surface area contributed by atoms with E-state index in [0.717, 1.165) is 20.8 Å². The predicted octanol–water partition coefficient (Wildman–Crippen LogP) is -0.896. The van der Waals surface area contributed by atoms with Crippen LogP contribution in [0.25, 0.3) is 0 Å². The summed E-state index contributed by atoms with van der Waals surface area (Å²) in [7, 11) is 0. The maximum absolute atomic E-state index is 11.4. The zero-order chi connectivity index (χ0) is 19.1. The van der Waals surface area contributed by atoms with Gasteiger partial charge in [-0.15, -0.1) is 0 Å². The van der Waals surface area contributed by atoms with Crippen LogP contribution in [0.4, 0.5) is 0 Å². The number of esters is 3. The highest BCUT2D eigenvalue weighted by atomic mass is 16.6. The molecule has 2 N–H and O–H groups in total. The third-order valence-corrected chi connectivity index (χ3v) is 3.07. The fourth-order valence-corrected chi connectivity index (χ4v) is 2.28. The molecule has 1 fully saturated rings. The van der Waals surface area contributed by atoms with Crippen molar-refractivity contribution >= 4 is 29.7 Å². The van der Waals surface area contributed by atoms with Gasteiger partial charge in [0.05, 0.1) is 0 Å². The van der Waals surface area contributed by atoms with Gasteiger partial charge in [0.1, 0.15) is 12.6 Å². The molecule has 0 radical (unpaired) electrons. The zero-order valence-electron chi connectivity index (χ0n) is 14.2. The second-order valence-electron chi connectivity index (χ2n) is 5.22. The van der Waals surface area contributed by atoms with E-state index in [4.69, 9.17) is 24.2 Å². The molecule has 1 aliphatic rings. The van der Waals surface area contributed by atoms with E-state index in [1.165, 1.54) is 6.92 Å². The van der Waals surface area contributed by atoms with Crippen LogP contribution >= 0.6 is 0 Å². The van der Waals surface area contributed by atoms with Crippen LogP contribution in [0.2, 0.25) is 0 Å². The molecule has 25 heavy (non-hydrogen) atoms. The number of oxime groups is 1. The molecule has 1 rings (SSSR count). The maximum atomic E-state index is 11.4. The van der Waals surface area contributed by atoms with Gasteiger partial charge in [0, 0.05) is 27.7 Å². The Morgan fingerprint density at radius 3 is 2.24 bits per heavy atom. The van der Waals surface area contributed by atoms with Crippen LogP contribution in [0, 0.1) is 0 Å². The number of nitrogens with one attached hydrogen (secondary N) is 1. The summed E-state index contributed by atoms with van der Waals surface area (Å²) in [5.41, 5.74) is 0. The summed E-state index contributed by atoms with van der Waals surface area (Å²) in [5, 5.41) is 14.4. The lowest BCUT2D eigenvalue weighted by Gasteiger charge is -2.27. The van der Waals surface area contributed by atoms with Gasteiger partial charge in [-0.05, 0) is 0 Å². The minimum Gasteiger partial charge on any atom is -0.466 e. The van der Waals surface area contributed by atoms with E-state index in [9.17, 15) is 19.2 Å². The minimum absolute atomic E-state index is 0.341. The lowest BCUT2D eigenvalue weighted by atomic mass is 10.0. The number of carbonyl (C=O) groups is 4. The normalized spacial score (nSPS) is 24.8. The Morgan fingerprint density at radius 2 is 1.80 bits per heavy atom. The standard InChI is InChI=1S/C14H20N2O9/c1-6(17)15-11-13(24-9(4)20)12(25-14(11)16-21)10(23-8(3)19)5-22-7(2)18/h10-13,21H,5H2,1-4H3,(H,15,17)/b16-14-/t10?,11?,12-,13-/m1/s1. The maximum Gasteiger partial charge on any atom is 0.303 e. The van der Waals surface area contributed by atoms with Crippen molar-refractivity contribution in [1.29, 1.82) is 0 Å². The van der Waals surface area contributed by atoms with E-state index in [1.807, 2.05) is 0 Å². The van der Waals surface area contributed by atoms with E-state index in [0.29, 0.717) is 0 Å². The van der Waals surface area contributed by atoms with Gasteiger partial charge in [-0.2, -0.15) is 0 Å². The molecule has 11 nitrogen and oxygen atoms in total. The SMILES string of the molecule is CC(=O)NC1/C(=N/O)O[C@H](C(COC(C)=O)OC(C)=O)[C@@H]1OC(C)=O. The molecule has 11 heteroatoms. The quantitative estimate of drug-likeness (QED) is 0.266. The molecule has 1 aliphatic heterocycles. The zero-order valence-corrected chi connectivity index (χ0v) is 14.2. The third kappa shape index (κ3) is 5.94. The molecule has 0 aromatic heterocycles. The van der Waals surface area contributed by atoms with E-state index >= 15 is 0 Å². The molecule has 0 aromatic carbocycles. The molecule has 0 aliphatic carbocycles. The fourth-order valence-electron chi connectivity index (χ4n) is 2.28. The molecule has 2 unspecified atom stereocenters. The molecule has 1 saturated heterocycles. The molecule has 140 valence electrons. The Kier molecular flexibility index (Phi) is 7.15. The lowest BCUT2D eigenvalue weighted by Crippen LogP contribution is -2.51. The topological polar surface area (TPSA) is 150 Å². The highest BCUT2D eigenvalue weighted by Gasteiger charge is 2.51. The number of carbonyl (C=O) groups excluding carboxylic acids is 4. The summed E-state index contributed by atoms with van der Waals surface area (Å²) in [6.45, 7) is 4.23. The average Bonchev–Trinajstić information content (AvgIpc) is 2.79. The molecule has 0 bridgehead atoms. The second kappa shape index (κ2) is 8.85. The Balaban J connectivity index is 3.15. The number of rotatable bonds is 6. The van der Waals surface area contributed by atoms with Crippen molar-refractivity contribution in [1.82, 2.24) is 5.32 Å². The summed E-state index contributed by atoms with van der Waals surface area (Å²) in [6, 6.07) is -1.10. The molecule has 0 spiro atoms. The average molecular weight is 360 g/mol. The van der Waals surface area contributed by atoms with E-state index in [-0.39, 0.29) is 12.5 Å². The van der Waals surface area contributed by atoms with Crippen molar-refractivity contribution in [3.63, 3.8) is 0 Å². The highest BCUT2D eigenvalue weighted by Crippen LogP contribution is 2.25. The highest BCUT2D eigenvalue weighted by molar-refractivity contribution is 5.89. The van der Waals surface area contributed by atoms with Crippen molar-refractivity contribution in [3.05, 3.63) is 0 Å². The monoisotopic (exact) mass is 360 g/mol. The molecular formula is C14H20N2O9. The van der Waals surface area contributed by atoms with E-state index in [1.54, 1.807) is 0 Å². The summed E-state index contributed by atoms with van der Waals surface area (Å²) in [5.74, 6) is -2.88. The van der Waals surface area contributed by atoms with E-state index < -0.39 is 48.2 Å². The van der Waals surface area contributed by atoms with Crippen LogP contribution in [0.1, 0.15) is 27.7 Å². The van der Waals surface area contributed by atoms with Gasteiger partial charge in [-0.1, -0.05) is 5.16 Å². The fraction of sp³-hybridized carbons (Fsp3) is 0.643. The van der Waals surface area contributed by atoms with Gasteiger partial charge in [-0.25, -0.2) is 0 Å². The summed E-state index contributed by atoms with van der Waals surface area (Å²) < 4.78 is 20.4. The van der Waals surface area contributed by atoms with Crippen molar-refractivity contribution in [3.8, 4) is 0 Å². The number of hydrogen-bond acceptors (Lipinski definition) is 10.